The molecular formula is C40H61FN5O12PS. The van der Waals surface area contributed by atoms with Gasteiger partial charge in [0.15, 0.2) is 18.2 Å². The van der Waals surface area contributed by atoms with Crippen molar-refractivity contribution in [3.8, 4) is 5.75 Å². The molecule has 336 valence electrons. The number of carbonyl (C=O) groups excluding carboxylic acids is 1. The number of rotatable bonds is 23. The van der Waals surface area contributed by atoms with Crippen LogP contribution in [0.4, 0.5) is 15.2 Å². The predicted octanol–water partition coefficient (Wildman–Crippen LogP) is 5.67. The van der Waals surface area contributed by atoms with E-state index in [-0.39, 0.29) is 67.1 Å². The molecule has 2 aromatic carbocycles. The third kappa shape index (κ3) is 13.1. The second-order valence-corrected chi connectivity index (χ2v) is 20.2. The van der Waals surface area contributed by atoms with Crippen LogP contribution in [-0.4, -0.2) is 124 Å². The Balaban J connectivity index is 1.38. The lowest BCUT2D eigenvalue weighted by Crippen LogP contribution is -2.53. The van der Waals surface area contributed by atoms with Gasteiger partial charge in [0.1, 0.15) is 23.0 Å². The van der Waals surface area contributed by atoms with Crippen LogP contribution in [-0.2, 0) is 44.3 Å². The van der Waals surface area contributed by atoms with Crippen LogP contribution in [0.5, 0.6) is 5.75 Å². The third-order valence-corrected chi connectivity index (χ3v) is 13.2. The number of aromatic nitrogens is 1. The number of fused-ring (bicyclic) bond motifs is 2. The van der Waals surface area contributed by atoms with E-state index in [9.17, 15) is 22.9 Å². The summed E-state index contributed by atoms with van der Waals surface area (Å²) in [6.07, 6.45) is -4.00. The number of benzene rings is 2. The summed E-state index contributed by atoms with van der Waals surface area (Å²) >= 11 is 0. The van der Waals surface area contributed by atoms with Gasteiger partial charge in [0.2, 0.25) is 10.0 Å². The van der Waals surface area contributed by atoms with Crippen LogP contribution in [0.3, 0.4) is 0 Å². The summed E-state index contributed by atoms with van der Waals surface area (Å²) in [4.78, 5) is 17.8. The Morgan fingerprint density at radius 1 is 1.07 bits per heavy atom. The highest BCUT2D eigenvalue weighted by Gasteiger charge is 2.50. The Morgan fingerprint density at radius 3 is 2.38 bits per heavy atom. The maximum Gasteiger partial charge on any atom is 0.407 e. The summed E-state index contributed by atoms with van der Waals surface area (Å²) < 4.78 is 97.3. The van der Waals surface area contributed by atoms with E-state index in [1.165, 1.54) is 32.0 Å². The van der Waals surface area contributed by atoms with Gasteiger partial charge in [0.05, 0.1) is 49.4 Å². The number of halogens is 1. The van der Waals surface area contributed by atoms with E-state index in [0.717, 1.165) is 10.8 Å². The van der Waals surface area contributed by atoms with Crippen LogP contribution >= 0.6 is 7.60 Å². The normalized spacial score (nSPS) is 20.8. The second-order valence-electron chi connectivity index (χ2n) is 16.3. The number of nitrogens with one attached hydrogen (secondary N) is 3. The van der Waals surface area contributed by atoms with Crippen molar-refractivity contribution in [1.82, 2.24) is 19.9 Å². The van der Waals surface area contributed by atoms with Gasteiger partial charge >= 0.3 is 13.7 Å². The molecule has 0 spiro atoms. The van der Waals surface area contributed by atoms with Crippen molar-refractivity contribution in [2.24, 2.45) is 11.8 Å². The predicted molar refractivity (Wildman–Crippen MR) is 222 cm³/mol. The highest BCUT2D eigenvalue weighted by Crippen LogP contribution is 2.48. The lowest BCUT2D eigenvalue weighted by Gasteiger charge is -2.32. The first-order chi connectivity index (χ1) is 28.3. The summed E-state index contributed by atoms with van der Waals surface area (Å²) in [5.74, 6) is 0.453. The molecule has 0 aliphatic carbocycles. The molecule has 0 saturated carbocycles. The summed E-state index contributed by atoms with van der Waals surface area (Å²) in [6, 6.07) is 9.68. The molecule has 5 rings (SSSR count). The minimum absolute atomic E-state index is 0.00512. The van der Waals surface area contributed by atoms with E-state index in [0.29, 0.717) is 29.4 Å². The molecule has 2 aliphatic heterocycles. The smallest absolute Gasteiger partial charge is 0.407 e. The molecule has 2 aliphatic rings. The lowest BCUT2D eigenvalue weighted by atomic mass is 9.97. The fourth-order valence-electron chi connectivity index (χ4n) is 6.97. The number of oxazole rings is 1. The number of amides is 1. The van der Waals surface area contributed by atoms with Crippen molar-refractivity contribution in [2.45, 2.75) is 109 Å². The molecule has 2 saturated heterocycles. The average molecular weight is 886 g/mol. The van der Waals surface area contributed by atoms with Gasteiger partial charge in [-0.25, -0.2) is 17.6 Å². The quantitative estimate of drug-likeness (QED) is 0.0846. The first kappa shape index (κ1) is 47.7. The van der Waals surface area contributed by atoms with Gasteiger partial charge in [0.25, 0.3) is 6.01 Å². The molecule has 0 unspecified atom stereocenters. The zero-order chi connectivity index (χ0) is 43.8. The molecule has 0 bridgehead atoms. The van der Waals surface area contributed by atoms with Crippen molar-refractivity contribution in [2.75, 3.05) is 57.7 Å². The van der Waals surface area contributed by atoms with Gasteiger partial charge in [-0.05, 0) is 90.3 Å². The Bertz CT molecular complexity index is 2010. The monoisotopic (exact) mass is 885 g/mol. The van der Waals surface area contributed by atoms with Gasteiger partial charge in [-0.3, -0.25) is 4.57 Å². The van der Waals surface area contributed by atoms with Crippen LogP contribution in [0.2, 0.25) is 0 Å². The van der Waals surface area contributed by atoms with Crippen LogP contribution in [0.15, 0.2) is 51.8 Å². The number of hydrogen-bond acceptors (Lipinski definition) is 15. The summed E-state index contributed by atoms with van der Waals surface area (Å²) in [6.45, 7) is 14.2. The summed E-state index contributed by atoms with van der Waals surface area (Å²) in [7, 11) is -7.96. The first-order valence-corrected chi connectivity index (χ1v) is 23.5. The molecule has 3 aromatic rings. The molecule has 4 N–H and O–H groups in total. The Kier molecular flexibility index (Phi) is 16.4. The minimum atomic E-state index is -4.46. The van der Waals surface area contributed by atoms with E-state index in [2.05, 4.69) is 34.8 Å². The van der Waals surface area contributed by atoms with Crippen molar-refractivity contribution < 1.29 is 59.7 Å². The molecule has 1 amide bonds. The zero-order valence-corrected chi connectivity index (χ0v) is 37.3. The highest BCUT2D eigenvalue weighted by molar-refractivity contribution is 7.89. The highest BCUT2D eigenvalue weighted by atomic mass is 32.2. The standard InChI is InChI=1S/C40H61FN5O12PS/c1-9-55-59(49,56-10-2)24-54-28-13-11-27(12-14-28)17-31(45-39(48)58-35-22-53-37-36(35)32(21-52-37)42-19-25(3)4)33(47)20-46(23-40(7,8)41)60(50,51)29-15-16-30-34(18-29)57-38(44-30)43-26(5)6/h11-16,18,25-26,31-33,35-37,42,47H,9-10,17,19-24H2,1-8H3,(H,43,44)(H,45,48)/t31-,32-,33+,35-,36-,37+/m0/s1. The van der Waals surface area contributed by atoms with Crippen LogP contribution in [0.25, 0.3) is 11.1 Å². The van der Waals surface area contributed by atoms with Crippen molar-refractivity contribution in [1.29, 1.82) is 0 Å². The van der Waals surface area contributed by atoms with E-state index < -0.39 is 67.0 Å². The molecule has 0 radical (unpaired) electrons. The van der Waals surface area contributed by atoms with Gasteiger partial charge in [0, 0.05) is 31.2 Å². The second kappa shape index (κ2) is 20.7. The number of anilines is 1. The number of alkyl halides is 1. The molecule has 17 nitrogen and oxygen atoms in total. The van der Waals surface area contributed by atoms with Crippen molar-refractivity contribution in [3.63, 3.8) is 0 Å². The lowest BCUT2D eigenvalue weighted by molar-refractivity contribution is -0.0908. The number of ether oxygens (including phenoxy) is 4. The van der Waals surface area contributed by atoms with Gasteiger partial charge in [-0.1, -0.05) is 26.0 Å². The number of aliphatic hydroxyl groups is 1. The number of sulfonamides is 1. The largest absolute Gasteiger partial charge is 0.481 e. The average Bonchev–Trinajstić information content (AvgIpc) is 3.88. The fraction of sp³-hybridized carbons (Fsp3) is 0.650. The van der Waals surface area contributed by atoms with Crippen LogP contribution in [0, 0.1) is 11.8 Å². The first-order valence-electron chi connectivity index (χ1n) is 20.4. The summed E-state index contributed by atoms with van der Waals surface area (Å²) in [5.41, 5.74) is -0.805. The van der Waals surface area contributed by atoms with Crippen molar-refractivity contribution >= 4 is 40.8 Å². The Morgan fingerprint density at radius 2 is 1.75 bits per heavy atom. The topological polar surface area (TPSA) is 209 Å². The van der Waals surface area contributed by atoms with Gasteiger partial charge in [-0.15, -0.1) is 0 Å². The number of nitrogens with zero attached hydrogens (tertiary/aromatic N) is 2. The maximum absolute atomic E-state index is 15.4. The molecule has 1 aromatic heterocycles. The molecule has 6 atom stereocenters. The number of aliphatic hydroxyl groups excluding tert-OH is 1. The van der Waals surface area contributed by atoms with Crippen LogP contribution < -0.4 is 20.7 Å². The zero-order valence-electron chi connectivity index (χ0n) is 35.6. The molecule has 2 fully saturated rings. The van der Waals surface area contributed by atoms with E-state index >= 15 is 4.39 Å². The van der Waals surface area contributed by atoms with Crippen LogP contribution in [0.1, 0.15) is 61.0 Å². The van der Waals surface area contributed by atoms with E-state index in [4.69, 9.17) is 32.4 Å². The van der Waals surface area contributed by atoms with E-state index in [1.54, 1.807) is 38.1 Å². The fourth-order valence-corrected chi connectivity index (χ4v) is 9.90. The molecule has 3 heterocycles. The number of carbonyl (C=O) groups is 1. The van der Waals surface area contributed by atoms with Crippen molar-refractivity contribution in [3.05, 3.63) is 48.0 Å². The Labute approximate surface area is 351 Å². The third-order valence-electron chi connectivity index (χ3n) is 9.66. The van der Waals surface area contributed by atoms with Gasteiger partial charge in [-0.2, -0.15) is 9.29 Å². The summed E-state index contributed by atoms with van der Waals surface area (Å²) in [5, 5.41) is 21.1. The molecule has 20 heteroatoms. The molecular weight excluding hydrogens is 825 g/mol. The SMILES string of the molecule is CCOP(=O)(COc1ccc(C[C@H](NC(=O)O[C@H]2CO[C@H]3OC[C@H](NCC(C)C)[C@H]32)[C@H](O)CN(CC(C)(C)F)S(=O)(=O)c2ccc3nc(NC(C)C)oc3c2)cc1)OCC. The van der Waals surface area contributed by atoms with Gasteiger partial charge < -0.3 is 53.5 Å². The molecule has 60 heavy (non-hydrogen) atoms. The number of alkyl carbamates (subject to hydrolysis) is 1. The maximum atomic E-state index is 15.4. The van der Waals surface area contributed by atoms with E-state index in [1.807, 2.05) is 13.8 Å². The Hall–Kier alpha value is -3.39. The number of hydrogen-bond donors (Lipinski definition) is 4. The minimum Gasteiger partial charge on any atom is -0.481 e.